The molecule has 53 heavy (non-hydrogen) atoms. The molecule has 2 atom stereocenters. The van der Waals surface area contributed by atoms with Crippen molar-refractivity contribution in [3.8, 4) is 39.5 Å². The Morgan fingerprint density at radius 1 is 1.11 bits per heavy atom. The molecule has 6 heterocycles. The zero-order chi connectivity index (χ0) is 37.8. The Labute approximate surface area is 305 Å². The van der Waals surface area contributed by atoms with E-state index in [9.17, 15) is 14.3 Å². The van der Waals surface area contributed by atoms with Crippen molar-refractivity contribution < 1.29 is 41.3 Å². The van der Waals surface area contributed by atoms with Crippen molar-refractivity contribution in [2.45, 2.75) is 44.9 Å². The highest BCUT2D eigenvalue weighted by Gasteiger charge is 2.42. The van der Waals surface area contributed by atoms with Crippen LogP contribution < -0.4 is 4.74 Å². The number of aromatic nitrogens is 4. The molecular weight excluding hydrogens is 720 g/mol. The lowest BCUT2D eigenvalue weighted by Crippen LogP contribution is -2.46. The second-order valence-electron chi connectivity index (χ2n) is 13.1. The molecule has 16 heteroatoms. The lowest BCUT2D eigenvalue weighted by molar-refractivity contribution is -0.131. The topological polar surface area (TPSA) is 106 Å². The van der Waals surface area contributed by atoms with Crippen LogP contribution in [0.4, 0.5) is 22.0 Å². The molecule has 7 rings (SSSR count). The van der Waals surface area contributed by atoms with E-state index in [2.05, 4.69) is 11.6 Å². The Morgan fingerprint density at radius 2 is 1.91 bits per heavy atom. The Hall–Kier alpha value is -4.77. The van der Waals surface area contributed by atoms with Gasteiger partial charge in [0.2, 0.25) is 5.91 Å². The first-order valence-corrected chi connectivity index (χ1v) is 17.7. The number of alkyl halides is 2. The number of aliphatic hydroxyl groups is 1. The minimum atomic E-state index is -3.29. The number of carbonyl (C=O) groups is 1. The van der Waals surface area contributed by atoms with E-state index in [-0.39, 0.29) is 100 Å². The number of β-amino-alcohol motifs (C(OH)–C–C–N with tert-alkyl or cyclic N) is 1. The first-order valence-electron chi connectivity index (χ1n) is 16.8. The van der Waals surface area contributed by atoms with Gasteiger partial charge in [0.15, 0.2) is 0 Å². The highest BCUT2D eigenvalue weighted by Crippen LogP contribution is 2.49. The molecule has 0 spiro atoms. The molecular formula is C37H35F5N6O4S. The van der Waals surface area contributed by atoms with Crippen LogP contribution in [-0.2, 0) is 28.5 Å². The minimum absolute atomic E-state index is 0.000192. The largest absolute Gasteiger partial charge is 0.490 e. The number of thiophene rings is 1. The van der Waals surface area contributed by atoms with E-state index in [1.165, 1.54) is 35.7 Å². The number of benzene rings is 1. The first kappa shape index (κ1) is 36.6. The lowest BCUT2D eigenvalue weighted by Gasteiger charge is -2.38. The number of fused-ring (bicyclic) bond motifs is 3. The number of halogens is 5. The molecule has 4 aromatic heterocycles. The van der Waals surface area contributed by atoms with Crippen molar-refractivity contribution in [1.82, 2.24) is 29.5 Å². The van der Waals surface area contributed by atoms with E-state index < -0.39 is 41.7 Å². The van der Waals surface area contributed by atoms with Crippen molar-refractivity contribution in [2.75, 3.05) is 40.0 Å². The predicted molar refractivity (Wildman–Crippen MR) is 188 cm³/mol. The maximum absolute atomic E-state index is 16.3. The number of pyridine rings is 2. The quantitative estimate of drug-likeness (QED) is 0.0954. The third-order valence-electron chi connectivity index (χ3n) is 9.54. The number of ether oxygens (including phenoxy) is 2. The zero-order valence-electron chi connectivity index (χ0n) is 29.0. The van der Waals surface area contributed by atoms with Crippen molar-refractivity contribution in [3.63, 3.8) is 0 Å². The summed E-state index contributed by atoms with van der Waals surface area (Å²) in [5.41, 5.74) is 0.735. The van der Waals surface area contributed by atoms with Crippen molar-refractivity contribution in [3.05, 3.63) is 82.9 Å². The highest BCUT2D eigenvalue weighted by molar-refractivity contribution is 7.17. The van der Waals surface area contributed by atoms with Crippen molar-refractivity contribution in [2.24, 2.45) is 0 Å². The fourth-order valence-corrected chi connectivity index (χ4v) is 8.23. The number of rotatable bonds is 10. The summed E-state index contributed by atoms with van der Waals surface area (Å²) in [5, 5.41) is 15.4. The first-order chi connectivity index (χ1) is 25.4. The van der Waals surface area contributed by atoms with Gasteiger partial charge < -0.3 is 19.5 Å². The zero-order valence-corrected chi connectivity index (χ0v) is 29.8. The molecule has 1 aromatic carbocycles. The van der Waals surface area contributed by atoms with Gasteiger partial charge in [0.25, 0.3) is 0 Å². The standard InChI is InChI=1S/C37H35F5N6O4S/c1-5-29(50)48-19(2)15-47-27(20(48)3)13-26(45-47)34-32(30-24(39)11-23(38)12-28(30)52-9-8-51-4)31-25(40)17-53-35(31)33(44-34)21-10-22-16-46(6-7-49)18-37(41,42)36(22)43-14-21/h5,10-14,17,19-20,49H,1,6-9,15-16,18H2,2-4H3/t19-,20+/m1/s1. The van der Waals surface area contributed by atoms with Crippen LogP contribution in [0.3, 0.4) is 0 Å². The number of hydrogen-bond acceptors (Lipinski definition) is 9. The van der Waals surface area contributed by atoms with Crippen LogP contribution in [0.1, 0.15) is 36.8 Å². The number of aliphatic hydroxyl groups excluding tert-OH is 1. The average Bonchev–Trinajstić information content (AvgIpc) is 3.71. The fourth-order valence-electron chi connectivity index (χ4n) is 7.29. The van der Waals surface area contributed by atoms with E-state index in [4.69, 9.17) is 19.6 Å². The molecule has 0 fully saturated rings. The molecule has 0 saturated carbocycles. The van der Waals surface area contributed by atoms with Crippen LogP contribution in [0.15, 0.2) is 48.5 Å². The van der Waals surface area contributed by atoms with Crippen molar-refractivity contribution in [1.29, 1.82) is 0 Å². The molecule has 0 radical (unpaired) electrons. The molecule has 5 aromatic rings. The van der Waals surface area contributed by atoms with Gasteiger partial charge in [0, 0.05) is 66.5 Å². The molecule has 10 nitrogen and oxygen atoms in total. The Bertz CT molecular complexity index is 2240. The summed E-state index contributed by atoms with van der Waals surface area (Å²) in [6.07, 6.45) is 2.48. The number of nitrogens with zero attached hydrogens (tertiary/aromatic N) is 6. The number of hydrogen-bond donors (Lipinski definition) is 1. The molecule has 2 aliphatic heterocycles. The van der Waals surface area contributed by atoms with Gasteiger partial charge in [-0.05, 0) is 37.6 Å². The molecule has 1 amide bonds. The predicted octanol–water partition coefficient (Wildman–Crippen LogP) is 6.71. The SMILES string of the molecule is C=CC(=O)N1[C@H](C)Cn2nc(-c3nc(-c4cnc5c(c4)CN(CCO)CC5(F)F)c4scc(F)c4c3-c3c(F)cc(F)cc3OCCOC)cc2[C@@H]1C. The van der Waals surface area contributed by atoms with Gasteiger partial charge in [-0.3, -0.25) is 19.4 Å². The third-order valence-corrected chi connectivity index (χ3v) is 10.5. The van der Waals surface area contributed by atoms with E-state index in [1.54, 1.807) is 15.6 Å². The number of carbonyl (C=O) groups excluding carboxylic acids is 1. The van der Waals surface area contributed by atoms with Crippen LogP contribution in [0.25, 0.3) is 43.9 Å². The molecule has 1 N–H and O–H groups in total. The molecule has 2 aliphatic rings. The summed E-state index contributed by atoms with van der Waals surface area (Å²) in [4.78, 5) is 25.0. The summed E-state index contributed by atoms with van der Waals surface area (Å²) in [6, 6.07) is 4.10. The maximum atomic E-state index is 16.3. The summed E-state index contributed by atoms with van der Waals surface area (Å²) >= 11 is 0.971. The number of methoxy groups -OCH3 is 1. The van der Waals surface area contributed by atoms with Gasteiger partial charge in [-0.2, -0.15) is 13.9 Å². The van der Waals surface area contributed by atoms with Crippen LogP contribution in [0, 0.1) is 17.5 Å². The van der Waals surface area contributed by atoms with Gasteiger partial charge >= 0.3 is 5.92 Å². The summed E-state index contributed by atoms with van der Waals surface area (Å²) in [5.74, 6) is -6.51. The molecule has 0 bridgehead atoms. The molecule has 0 aliphatic carbocycles. The van der Waals surface area contributed by atoms with Gasteiger partial charge in [0.05, 0.1) is 54.0 Å². The highest BCUT2D eigenvalue weighted by atomic mass is 32.1. The summed E-state index contributed by atoms with van der Waals surface area (Å²) < 4.78 is 90.4. The van der Waals surface area contributed by atoms with Crippen LogP contribution in [-0.4, -0.2) is 86.6 Å². The minimum Gasteiger partial charge on any atom is -0.490 e. The van der Waals surface area contributed by atoms with E-state index >= 15 is 17.6 Å². The fraction of sp³-hybridized carbons (Fsp3) is 0.351. The molecule has 278 valence electrons. The average molecular weight is 755 g/mol. The van der Waals surface area contributed by atoms with Crippen LogP contribution in [0.5, 0.6) is 5.75 Å². The summed E-state index contributed by atoms with van der Waals surface area (Å²) in [7, 11) is 1.44. The molecule has 0 unspecified atom stereocenters. The Balaban J connectivity index is 1.51. The van der Waals surface area contributed by atoms with E-state index in [0.717, 1.165) is 17.4 Å². The second-order valence-corrected chi connectivity index (χ2v) is 13.9. The maximum Gasteiger partial charge on any atom is 0.302 e. The Morgan fingerprint density at radius 3 is 2.64 bits per heavy atom. The number of amides is 1. The van der Waals surface area contributed by atoms with Gasteiger partial charge in [-0.25, -0.2) is 18.2 Å². The monoisotopic (exact) mass is 754 g/mol. The van der Waals surface area contributed by atoms with Gasteiger partial charge in [-0.1, -0.05) is 6.58 Å². The van der Waals surface area contributed by atoms with Gasteiger partial charge in [0.1, 0.15) is 46.9 Å². The molecule has 0 saturated heterocycles. The normalized spacial score (nSPS) is 18.2. The lowest BCUT2D eigenvalue weighted by atomic mass is 9.94. The smallest absolute Gasteiger partial charge is 0.302 e. The van der Waals surface area contributed by atoms with E-state index in [0.29, 0.717) is 18.3 Å². The second kappa shape index (κ2) is 14.2. The Kier molecular flexibility index (Phi) is 9.82. The van der Waals surface area contributed by atoms with E-state index in [1.807, 2.05) is 13.8 Å². The van der Waals surface area contributed by atoms with Crippen molar-refractivity contribution >= 4 is 27.3 Å². The summed E-state index contributed by atoms with van der Waals surface area (Å²) in [6.45, 7) is 6.79. The van der Waals surface area contributed by atoms with Crippen LogP contribution in [0.2, 0.25) is 0 Å². The van der Waals surface area contributed by atoms with Gasteiger partial charge in [-0.15, -0.1) is 11.3 Å². The third kappa shape index (κ3) is 6.47. The van der Waals surface area contributed by atoms with Crippen LogP contribution >= 0.6 is 11.3 Å².